The minimum Gasteiger partial charge on any atom is -0.271 e. The van der Waals surface area contributed by atoms with Crippen LogP contribution >= 0.6 is 11.3 Å². The molecule has 1 aromatic heterocycles. The minimum atomic E-state index is -0.237. The van der Waals surface area contributed by atoms with E-state index in [4.69, 9.17) is 5.84 Å². The van der Waals surface area contributed by atoms with Gasteiger partial charge in [0, 0.05) is 0 Å². The number of nitrogens with one attached hydrogen (secondary N) is 1. The molecule has 0 aliphatic carbocycles. The molecule has 0 saturated heterocycles. The van der Waals surface area contributed by atoms with E-state index >= 15 is 0 Å². The number of rotatable bonds is 3. The molecule has 3 N–H and O–H groups in total. The summed E-state index contributed by atoms with van der Waals surface area (Å²) in [7, 11) is 0. The number of benzene rings is 1. The number of hydrogen-bond acceptors (Lipinski definition) is 3. The number of halogens is 1. The van der Waals surface area contributed by atoms with Crippen molar-refractivity contribution >= 4 is 11.3 Å². The number of hydrogen-bond donors (Lipinski definition) is 2. The van der Waals surface area contributed by atoms with Gasteiger partial charge in [0.15, 0.2) is 0 Å². The maximum atomic E-state index is 13.3. The Balaban J connectivity index is 2.49. The summed E-state index contributed by atoms with van der Waals surface area (Å²) >= 11 is 1.63. The summed E-state index contributed by atoms with van der Waals surface area (Å²) < 4.78 is 13.3. The van der Waals surface area contributed by atoms with Crippen LogP contribution in [0.3, 0.4) is 0 Å². The van der Waals surface area contributed by atoms with Gasteiger partial charge in [-0.3, -0.25) is 5.84 Å². The van der Waals surface area contributed by atoms with Gasteiger partial charge in [-0.2, -0.15) is 11.3 Å². The second kappa shape index (κ2) is 4.96. The molecule has 17 heavy (non-hydrogen) atoms. The molecule has 1 atom stereocenters. The highest BCUT2D eigenvalue weighted by Gasteiger charge is 2.17. The van der Waals surface area contributed by atoms with Gasteiger partial charge < -0.3 is 0 Å². The molecule has 2 aromatic rings. The maximum Gasteiger partial charge on any atom is 0.123 e. The van der Waals surface area contributed by atoms with Crippen LogP contribution in [0.25, 0.3) is 0 Å². The van der Waals surface area contributed by atoms with Crippen LogP contribution < -0.4 is 11.3 Å². The minimum absolute atomic E-state index is 0.156. The summed E-state index contributed by atoms with van der Waals surface area (Å²) in [6.07, 6.45) is 0. The topological polar surface area (TPSA) is 38.0 Å². The van der Waals surface area contributed by atoms with E-state index in [9.17, 15) is 4.39 Å². The highest BCUT2D eigenvalue weighted by atomic mass is 32.1. The zero-order valence-corrected chi connectivity index (χ0v) is 10.6. The van der Waals surface area contributed by atoms with Gasteiger partial charge >= 0.3 is 0 Å². The van der Waals surface area contributed by atoms with Crippen molar-refractivity contribution in [2.45, 2.75) is 19.9 Å². The van der Waals surface area contributed by atoms with Crippen LogP contribution in [0.5, 0.6) is 0 Å². The zero-order valence-electron chi connectivity index (χ0n) is 9.83. The first-order valence-corrected chi connectivity index (χ1v) is 6.32. The lowest BCUT2D eigenvalue weighted by atomic mass is 9.95. The molecule has 0 amide bonds. The molecule has 0 radical (unpaired) electrons. The van der Waals surface area contributed by atoms with E-state index in [1.807, 2.05) is 19.2 Å². The fourth-order valence-corrected chi connectivity index (χ4v) is 2.81. The maximum absolute atomic E-state index is 13.3. The van der Waals surface area contributed by atoms with Crippen molar-refractivity contribution in [2.75, 3.05) is 0 Å². The third kappa shape index (κ3) is 2.39. The number of nitrogens with two attached hydrogens (primary N) is 1. The van der Waals surface area contributed by atoms with Gasteiger partial charge in [-0.05, 0) is 59.0 Å². The predicted octanol–water partition coefficient (Wildman–Crippen LogP) is 3.06. The Kier molecular flexibility index (Phi) is 3.57. The molecular weight excluding hydrogens is 235 g/mol. The van der Waals surface area contributed by atoms with E-state index in [-0.39, 0.29) is 11.9 Å². The average Bonchev–Trinajstić information content (AvgIpc) is 2.71. The first-order valence-electron chi connectivity index (χ1n) is 5.38. The molecule has 2 rings (SSSR count). The molecule has 0 aliphatic rings. The van der Waals surface area contributed by atoms with Crippen molar-refractivity contribution < 1.29 is 4.39 Å². The average molecular weight is 250 g/mol. The zero-order chi connectivity index (χ0) is 12.4. The number of aryl methyl sites for hydroxylation is 2. The third-order valence-electron chi connectivity index (χ3n) is 2.93. The van der Waals surface area contributed by atoms with Crippen molar-refractivity contribution in [1.82, 2.24) is 5.43 Å². The van der Waals surface area contributed by atoms with Crippen molar-refractivity contribution in [3.8, 4) is 0 Å². The molecular formula is C13H15FN2S. The van der Waals surface area contributed by atoms with Gasteiger partial charge in [-0.15, -0.1) is 0 Å². The van der Waals surface area contributed by atoms with Gasteiger partial charge in [0.1, 0.15) is 5.82 Å². The molecule has 1 unspecified atom stereocenters. The second-order valence-corrected chi connectivity index (χ2v) is 4.85. The molecule has 0 bridgehead atoms. The SMILES string of the molecule is Cc1cscc1C(NN)c1cc(F)ccc1C. The molecule has 90 valence electrons. The molecule has 0 fully saturated rings. The van der Waals surface area contributed by atoms with Gasteiger partial charge in [-0.1, -0.05) is 6.07 Å². The van der Waals surface area contributed by atoms with Crippen LogP contribution in [-0.2, 0) is 0 Å². The smallest absolute Gasteiger partial charge is 0.123 e. The van der Waals surface area contributed by atoms with E-state index in [1.165, 1.54) is 17.7 Å². The van der Waals surface area contributed by atoms with Crippen LogP contribution in [0.2, 0.25) is 0 Å². The molecule has 1 aromatic carbocycles. The van der Waals surface area contributed by atoms with Crippen molar-refractivity contribution in [2.24, 2.45) is 5.84 Å². The lowest BCUT2D eigenvalue weighted by Crippen LogP contribution is -2.29. The van der Waals surface area contributed by atoms with Crippen molar-refractivity contribution in [3.63, 3.8) is 0 Å². The summed E-state index contributed by atoms with van der Waals surface area (Å²) in [6.45, 7) is 3.99. The lowest BCUT2D eigenvalue weighted by molar-refractivity contribution is 0.602. The number of hydrazine groups is 1. The van der Waals surface area contributed by atoms with E-state index in [1.54, 1.807) is 17.4 Å². The first-order chi connectivity index (χ1) is 8.13. The molecule has 2 nitrogen and oxygen atoms in total. The molecule has 0 spiro atoms. The molecule has 0 saturated carbocycles. The lowest BCUT2D eigenvalue weighted by Gasteiger charge is -2.19. The van der Waals surface area contributed by atoms with Crippen LogP contribution in [-0.4, -0.2) is 0 Å². The summed E-state index contributed by atoms with van der Waals surface area (Å²) in [6, 6.07) is 4.62. The highest BCUT2D eigenvalue weighted by Crippen LogP contribution is 2.29. The largest absolute Gasteiger partial charge is 0.271 e. The van der Waals surface area contributed by atoms with Crippen LogP contribution in [0.4, 0.5) is 4.39 Å². The molecule has 0 aliphatic heterocycles. The standard InChI is InChI=1S/C13H15FN2S/c1-8-3-4-10(14)5-11(8)13(16-15)12-7-17-6-9(12)2/h3-7,13,16H,15H2,1-2H3. The van der Waals surface area contributed by atoms with Gasteiger partial charge in [-0.25, -0.2) is 9.82 Å². The Bertz CT molecular complexity index is 522. The number of thiophene rings is 1. The van der Waals surface area contributed by atoms with E-state index in [0.717, 1.165) is 16.7 Å². The fraction of sp³-hybridized carbons (Fsp3) is 0.231. The summed E-state index contributed by atoms with van der Waals surface area (Å²) in [5.41, 5.74) is 6.95. The summed E-state index contributed by atoms with van der Waals surface area (Å²) in [5.74, 6) is 5.38. The van der Waals surface area contributed by atoms with Gasteiger partial charge in [0.2, 0.25) is 0 Å². The van der Waals surface area contributed by atoms with Crippen LogP contribution in [0.15, 0.2) is 29.0 Å². The second-order valence-electron chi connectivity index (χ2n) is 4.11. The van der Waals surface area contributed by atoms with Gasteiger partial charge in [0.05, 0.1) is 6.04 Å². The Morgan fingerprint density at radius 2 is 1.94 bits per heavy atom. The summed E-state index contributed by atoms with van der Waals surface area (Å²) in [5, 5.41) is 4.11. The monoisotopic (exact) mass is 250 g/mol. The normalized spacial score (nSPS) is 12.7. The third-order valence-corrected chi connectivity index (χ3v) is 3.80. The highest BCUT2D eigenvalue weighted by molar-refractivity contribution is 7.08. The van der Waals surface area contributed by atoms with Crippen LogP contribution in [0, 0.1) is 19.7 Å². The van der Waals surface area contributed by atoms with E-state index < -0.39 is 0 Å². The summed E-state index contributed by atoms with van der Waals surface area (Å²) in [4.78, 5) is 0. The fourth-order valence-electron chi connectivity index (χ4n) is 1.94. The van der Waals surface area contributed by atoms with E-state index in [0.29, 0.717) is 0 Å². The predicted molar refractivity (Wildman–Crippen MR) is 69.4 cm³/mol. The molecule has 1 heterocycles. The van der Waals surface area contributed by atoms with Gasteiger partial charge in [0.25, 0.3) is 0 Å². The quantitative estimate of drug-likeness (QED) is 0.649. The van der Waals surface area contributed by atoms with Crippen LogP contribution in [0.1, 0.15) is 28.3 Å². The van der Waals surface area contributed by atoms with Crippen molar-refractivity contribution in [1.29, 1.82) is 0 Å². The first kappa shape index (κ1) is 12.2. The Labute approximate surface area is 104 Å². The molecule has 4 heteroatoms. The Morgan fingerprint density at radius 1 is 1.18 bits per heavy atom. The van der Waals surface area contributed by atoms with Crippen molar-refractivity contribution in [3.05, 3.63) is 57.0 Å². The van der Waals surface area contributed by atoms with E-state index in [2.05, 4.69) is 10.8 Å². The Hall–Kier alpha value is -1.23. The Morgan fingerprint density at radius 3 is 2.53 bits per heavy atom.